The van der Waals surface area contributed by atoms with Crippen molar-refractivity contribution in [2.24, 2.45) is 23.5 Å². The molecule has 1 fully saturated rings. The number of fused-ring (bicyclic) bond motifs is 1. The van der Waals surface area contributed by atoms with Gasteiger partial charge in [-0.1, -0.05) is 26.0 Å². The number of hydrogen-bond donors (Lipinski definition) is 1. The summed E-state index contributed by atoms with van der Waals surface area (Å²) in [6.45, 7) is 5.53. The molecule has 110 valence electrons. The van der Waals surface area contributed by atoms with Crippen molar-refractivity contribution < 1.29 is 4.74 Å². The molecule has 1 unspecified atom stereocenters. The molecule has 2 aliphatic rings. The lowest BCUT2D eigenvalue weighted by Crippen LogP contribution is -2.27. The minimum Gasteiger partial charge on any atom is -0.493 e. The molecular weight excluding hydrogens is 246 g/mol. The summed E-state index contributed by atoms with van der Waals surface area (Å²) in [6.07, 6.45) is 6.32. The fraction of sp³-hybridized carbons (Fsp3) is 0.667. The highest BCUT2D eigenvalue weighted by atomic mass is 16.5. The number of nitrogens with two attached hydrogens (primary N) is 1. The second-order valence-corrected chi connectivity index (χ2v) is 6.91. The van der Waals surface area contributed by atoms with Gasteiger partial charge in [0.05, 0.1) is 6.61 Å². The van der Waals surface area contributed by atoms with Crippen molar-refractivity contribution in [3.8, 4) is 5.75 Å². The van der Waals surface area contributed by atoms with Crippen molar-refractivity contribution in [2.75, 3.05) is 6.61 Å². The second kappa shape index (κ2) is 5.77. The third kappa shape index (κ3) is 2.71. The molecule has 0 amide bonds. The van der Waals surface area contributed by atoms with Gasteiger partial charge in [0.25, 0.3) is 0 Å². The highest BCUT2D eigenvalue weighted by molar-refractivity contribution is 5.40. The van der Waals surface area contributed by atoms with Crippen molar-refractivity contribution >= 4 is 0 Å². The molecule has 2 N–H and O–H groups in total. The Hall–Kier alpha value is -1.02. The number of hydrogen-bond acceptors (Lipinski definition) is 2. The van der Waals surface area contributed by atoms with Gasteiger partial charge in [0.15, 0.2) is 0 Å². The standard InChI is InChI=1S/C18H27NO/c1-12(2)13-3-5-14(6-4-13)18(19)16-7-8-17-15(11-16)9-10-20-17/h7-8,11-14,18H,3-6,9-10,19H2,1-2H3. The maximum Gasteiger partial charge on any atom is 0.122 e. The van der Waals surface area contributed by atoms with Crippen molar-refractivity contribution in [2.45, 2.75) is 52.0 Å². The molecule has 3 rings (SSSR count). The predicted molar refractivity (Wildman–Crippen MR) is 82.9 cm³/mol. The smallest absolute Gasteiger partial charge is 0.122 e. The maximum absolute atomic E-state index is 6.54. The summed E-state index contributed by atoms with van der Waals surface area (Å²) in [6, 6.07) is 6.76. The van der Waals surface area contributed by atoms with Gasteiger partial charge in [-0.15, -0.1) is 0 Å². The summed E-state index contributed by atoms with van der Waals surface area (Å²) in [7, 11) is 0. The predicted octanol–water partition coefficient (Wildman–Crippen LogP) is 4.08. The van der Waals surface area contributed by atoms with E-state index in [1.54, 1.807) is 0 Å². The van der Waals surface area contributed by atoms with E-state index in [4.69, 9.17) is 10.5 Å². The molecule has 0 aromatic heterocycles. The molecule has 1 aromatic rings. The first-order valence-electron chi connectivity index (χ1n) is 8.16. The van der Waals surface area contributed by atoms with Crippen LogP contribution in [0.15, 0.2) is 18.2 Å². The minimum absolute atomic E-state index is 0.203. The first-order valence-corrected chi connectivity index (χ1v) is 8.16. The zero-order valence-electron chi connectivity index (χ0n) is 12.8. The van der Waals surface area contributed by atoms with Crippen LogP contribution in [0, 0.1) is 17.8 Å². The largest absolute Gasteiger partial charge is 0.493 e. The summed E-state index contributed by atoms with van der Waals surface area (Å²) >= 11 is 0. The number of rotatable bonds is 3. The molecular formula is C18H27NO. The molecule has 2 nitrogen and oxygen atoms in total. The molecule has 1 aliphatic heterocycles. The molecule has 1 atom stereocenters. The first kappa shape index (κ1) is 13.9. The molecule has 1 aliphatic carbocycles. The van der Waals surface area contributed by atoms with Crippen LogP contribution in [0.1, 0.15) is 56.7 Å². The Balaban J connectivity index is 1.66. The van der Waals surface area contributed by atoms with Gasteiger partial charge in [-0.3, -0.25) is 0 Å². The maximum atomic E-state index is 6.54. The number of benzene rings is 1. The first-order chi connectivity index (χ1) is 9.65. The quantitative estimate of drug-likeness (QED) is 0.900. The van der Waals surface area contributed by atoms with Crippen molar-refractivity contribution in [3.05, 3.63) is 29.3 Å². The Labute approximate surface area is 122 Å². The van der Waals surface area contributed by atoms with E-state index < -0.39 is 0 Å². The van der Waals surface area contributed by atoms with Gasteiger partial charge in [0.2, 0.25) is 0 Å². The van der Waals surface area contributed by atoms with Crippen LogP contribution < -0.4 is 10.5 Å². The SMILES string of the molecule is CC(C)C1CCC(C(N)c2ccc3c(c2)CCO3)CC1. The summed E-state index contributed by atoms with van der Waals surface area (Å²) in [5.41, 5.74) is 9.19. The van der Waals surface area contributed by atoms with Crippen molar-refractivity contribution in [1.29, 1.82) is 0 Å². The summed E-state index contributed by atoms with van der Waals surface area (Å²) in [5, 5.41) is 0. The van der Waals surface area contributed by atoms with Gasteiger partial charge < -0.3 is 10.5 Å². The van der Waals surface area contributed by atoms with Crippen LogP contribution in [0.3, 0.4) is 0 Å². The van der Waals surface area contributed by atoms with Crippen LogP contribution in [-0.4, -0.2) is 6.61 Å². The molecule has 2 heteroatoms. The zero-order valence-corrected chi connectivity index (χ0v) is 12.8. The Morgan fingerprint density at radius 3 is 2.50 bits per heavy atom. The molecule has 20 heavy (non-hydrogen) atoms. The second-order valence-electron chi connectivity index (χ2n) is 6.91. The summed E-state index contributed by atoms with van der Waals surface area (Å²) in [4.78, 5) is 0. The lowest BCUT2D eigenvalue weighted by atomic mass is 9.73. The van der Waals surface area contributed by atoms with Crippen LogP contribution in [-0.2, 0) is 6.42 Å². The van der Waals surface area contributed by atoms with Crippen LogP contribution in [0.4, 0.5) is 0 Å². The van der Waals surface area contributed by atoms with Crippen LogP contribution in [0.25, 0.3) is 0 Å². The lowest BCUT2D eigenvalue weighted by Gasteiger charge is -2.34. The topological polar surface area (TPSA) is 35.2 Å². The van der Waals surface area contributed by atoms with Gasteiger partial charge in [0, 0.05) is 12.5 Å². The molecule has 1 saturated carbocycles. The van der Waals surface area contributed by atoms with E-state index in [1.165, 1.54) is 36.8 Å². The van der Waals surface area contributed by atoms with E-state index in [-0.39, 0.29) is 6.04 Å². The Bertz CT molecular complexity index is 460. The molecule has 0 spiro atoms. The van der Waals surface area contributed by atoms with Gasteiger partial charge >= 0.3 is 0 Å². The fourth-order valence-electron chi connectivity index (χ4n) is 3.86. The van der Waals surface area contributed by atoms with Crippen molar-refractivity contribution in [1.82, 2.24) is 0 Å². The van der Waals surface area contributed by atoms with Crippen LogP contribution >= 0.6 is 0 Å². The van der Waals surface area contributed by atoms with E-state index in [2.05, 4.69) is 32.0 Å². The average Bonchev–Trinajstić information content (AvgIpc) is 2.94. The van der Waals surface area contributed by atoms with E-state index >= 15 is 0 Å². The minimum atomic E-state index is 0.203. The zero-order chi connectivity index (χ0) is 14.1. The monoisotopic (exact) mass is 273 g/mol. The highest BCUT2D eigenvalue weighted by Crippen LogP contribution is 2.39. The van der Waals surface area contributed by atoms with Crippen molar-refractivity contribution in [3.63, 3.8) is 0 Å². The van der Waals surface area contributed by atoms with Gasteiger partial charge in [-0.05, 0) is 60.6 Å². The molecule has 1 heterocycles. The fourth-order valence-corrected chi connectivity index (χ4v) is 3.86. The van der Waals surface area contributed by atoms with E-state index in [0.29, 0.717) is 5.92 Å². The van der Waals surface area contributed by atoms with E-state index in [0.717, 1.165) is 30.6 Å². The highest BCUT2D eigenvalue weighted by Gasteiger charge is 2.28. The van der Waals surface area contributed by atoms with Gasteiger partial charge in [-0.25, -0.2) is 0 Å². The average molecular weight is 273 g/mol. The van der Waals surface area contributed by atoms with Crippen LogP contribution in [0.5, 0.6) is 5.75 Å². The Morgan fingerprint density at radius 1 is 1.10 bits per heavy atom. The van der Waals surface area contributed by atoms with Gasteiger partial charge in [-0.2, -0.15) is 0 Å². The Kier molecular flexibility index (Phi) is 4.02. The van der Waals surface area contributed by atoms with E-state index in [9.17, 15) is 0 Å². The van der Waals surface area contributed by atoms with Gasteiger partial charge in [0.1, 0.15) is 5.75 Å². The molecule has 1 aromatic carbocycles. The molecule has 0 bridgehead atoms. The third-order valence-corrected chi connectivity index (χ3v) is 5.37. The van der Waals surface area contributed by atoms with Crippen LogP contribution in [0.2, 0.25) is 0 Å². The lowest BCUT2D eigenvalue weighted by molar-refractivity contribution is 0.203. The summed E-state index contributed by atoms with van der Waals surface area (Å²) < 4.78 is 5.58. The normalized spacial score (nSPS) is 27.2. The molecule has 0 saturated heterocycles. The Morgan fingerprint density at radius 2 is 1.80 bits per heavy atom. The van der Waals surface area contributed by atoms with E-state index in [1.807, 2.05) is 0 Å². The third-order valence-electron chi connectivity index (χ3n) is 5.37. The number of ether oxygens (including phenoxy) is 1. The summed E-state index contributed by atoms with van der Waals surface area (Å²) in [5.74, 6) is 3.45. The molecule has 0 radical (unpaired) electrons.